The van der Waals surface area contributed by atoms with E-state index in [9.17, 15) is 0 Å². The minimum atomic E-state index is 0.612. The molecule has 2 heterocycles. The van der Waals surface area contributed by atoms with E-state index >= 15 is 0 Å². The Kier molecular flexibility index (Phi) is 3.13. The van der Waals surface area contributed by atoms with Crippen LogP contribution in [0.4, 0.5) is 0 Å². The molecule has 0 aliphatic carbocycles. The Hall–Kier alpha value is -1.64. The molecule has 0 saturated heterocycles. The van der Waals surface area contributed by atoms with Gasteiger partial charge < -0.3 is 8.98 Å². The SMILES string of the molecule is Cc1ccc(-c2ccco2)n1-c1cc(Cl)cc(Cl)c1. The minimum absolute atomic E-state index is 0.612. The number of benzene rings is 1. The fourth-order valence-electron chi connectivity index (χ4n) is 2.17. The van der Waals surface area contributed by atoms with Crippen LogP contribution in [-0.4, -0.2) is 4.57 Å². The van der Waals surface area contributed by atoms with Crippen molar-refractivity contribution in [2.75, 3.05) is 0 Å². The van der Waals surface area contributed by atoms with Gasteiger partial charge in [-0.3, -0.25) is 0 Å². The molecule has 3 rings (SSSR count). The lowest BCUT2D eigenvalue weighted by molar-refractivity contribution is 0.578. The van der Waals surface area contributed by atoms with E-state index in [0.29, 0.717) is 10.0 Å². The summed E-state index contributed by atoms with van der Waals surface area (Å²) in [5, 5.41) is 1.22. The van der Waals surface area contributed by atoms with Crippen molar-refractivity contribution in [3.8, 4) is 17.1 Å². The van der Waals surface area contributed by atoms with Gasteiger partial charge in [-0.15, -0.1) is 0 Å². The highest BCUT2D eigenvalue weighted by atomic mass is 35.5. The van der Waals surface area contributed by atoms with Gasteiger partial charge in [0.1, 0.15) is 0 Å². The Morgan fingerprint density at radius 1 is 1.00 bits per heavy atom. The molecule has 96 valence electrons. The largest absolute Gasteiger partial charge is 0.463 e. The van der Waals surface area contributed by atoms with Gasteiger partial charge in [0.15, 0.2) is 5.76 Å². The van der Waals surface area contributed by atoms with Gasteiger partial charge in [0.25, 0.3) is 0 Å². The van der Waals surface area contributed by atoms with Crippen LogP contribution < -0.4 is 0 Å². The predicted octanol–water partition coefficient (Wildman–Crippen LogP) is 5.35. The molecule has 0 spiro atoms. The van der Waals surface area contributed by atoms with E-state index in [-0.39, 0.29) is 0 Å². The zero-order valence-electron chi connectivity index (χ0n) is 10.2. The van der Waals surface area contributed by atoms with Gasteiger partial charge in [0, 0.05) is 21.4 Å². The van der Waals surface area contributed by atoms with Gasteiger partial charge in [0.05, 0.1) is 12.0 Å². The molecule has 0 bridgehead atoms. The van der Waals surface area contributed by atoms with E-state index in [1.807, 2.05) is 43.3 Å². The Morgan fingerprint density at radius 3 is 2.37 bits per heavy atom. The van der Waals surface area contributed by atoms with Gasteiger partial charge in [-0.1, -0.05) is 23.2 Å². The predicted molar refractivity (Wildman–Crippen MR) is 78.2 cm³/mol. The van der Waals surface area contributed by atoms with Crippen LogP contribution in [0.5, 0.6) is 0 Å². The molecule has 4 heteroatoms. The number of rotatable bonds is 2. The van der Waals surface area contributed by atoms with Gasteiger partial charge in [-0.2, -0.15) is 0 Å². The average Bonchev–Trinajstić information content (AvgIpc) is 2.95. The van der Waals surface area contributed by atoms with Gasteiger partial charge in [-0.05, 0) is 49.4 Å². The smallest absolute Gasteiger partial charge is 0.150 e. The molecule has 3 aromatic rings. The third-order valence-corrected chi connectivity index (χ3v) is 3.39. The Bertz CT molecular complexity index is 694. The molecule has 2 nitrogen and oxygen atoms in total. The summed E-state index contributed by atoms with van der Waals surface area (Å²) in [4.78, 5) is 0. The quantitative estimate of drug-likeness (QED) is 0.622. The van der Waals surface area contributed by atoms with Gasteiger partial charge in [-0.25, -0.2) is 0 Å². The summed E-state index contributed by atoms with van der Waals surface area (Å²) < 4.78 is 7.53. The van der Waals surface area contributed by atoms with E-state index in [4.69, 9.17) is 27.6 Å². The van der Waals surface area contributed by atoms with E-state index in [1.54, 1.807) is 12.3 Å². The second-order valence-corrected chi connectivity index (χ2v) is 5.17. The molecule has 1 aromatic carbocycles. The van der Waals surface area contributed by atoms with Crippen molar-refractivity contribution in [2.24, 2.45) is 0 Å². The van der Waals surface area contributed by atoms with Crippen LogP contribution in [0.1, 0.15) is 5.69 Å². The molecule has 19 heavy (non-hydrogen) atoms. The number of hydrogen-bond acceptors (Lipinski definition) is 1. The number of nitrogens with zero attached hydrogens (tertiary/aromatic N) is 1. The highest BCUT2D eigenvalue weighted by Gasteiger charge is 2.12. The fraction of sp³-hybridized carbons (Fsp3) is 0.0667. The molecule has 0 fully saturated rings. The van der Waals surface area contributed by atoms with E-state index in [0.717, 1.165) is 22.8 Å². The highest BCUT2D eigenvalue weighted by Crippen LogP contribution is 2.29. The van der Waals surface area contributed by atoms with Crippen LogP contribution in [0.3, 0.4) is 0 Å². The molecule has 2 aromatic heterocycles. The van der Waals surface area contributed by atoms with Crippen molar-refractivity contribution >= 4 is 23.2 Å². The van der Waals surface area contributed by atoms with Crippen LogP contribution in [0.15, 0.2) is 53.1 Å². The van der Waals surface area contributed by atoms with Gasteiger partial charge in [0.2, 0.25) is 0 Å². The van der Waals surface area contributed by atoms with Crippen molar-refractivity contribution in [1.82, 2.24) is 4.57 Å². The molecular formula is C15H11Cl2NO. The van der Waals surface area contributed by atoms with Gasteiger partial charge >= 0.3 is 0 Å². The monoisotopic (exact) mass is 291 g/mol. The third-order valence-electron chi connectivity index (χ3n) is 2.96. The second-order valence-electron chi connectivity index (χ2n) is 4.30. The van der Waals surface area contributed by atoms with Crippen LogP contribution >= 0.6 is 23.2 Å². The van der Waals surface area contributed by atoms with Crippen LogP contribution in [0.2, 0.25) is 10.0 Å². The number of furan rings is 1. The third kappa shape index (κ3) is 2.29. The molecule has 0 aliphatic rings. The standard InChI is InChI=1S/C15H11Cl2NO/c1-10-4-5-14(15-3-2-6-19-15)18(10)13-8-11(16)7-12(17)9-13/h2-9H,1H3. The first-order valence-corrected chi connectivity index (χ1v) is 6.59. The van der Waals surface area contributed by atoms with E-state index in [2.05, 4.69) is 4.57 Å². The molecule has 0 atom stereocenters. The fourth-order valence-corrected chi connectivity index (χ4v) is 2.68. The first-order valence-electron chi connectivity index (χ1n) is 5.84. The lowest BCUT2D eigenvalue weighted by atomic mass is 10.2. The maximum absolute atomic E-state index is 6.08. The Morgan fingerprint density at radius 2 is 1.74 bits per heavy atom. The maximum Gasteiger partial charge on any atom is 0.150 e. The lowest BCUT2D eigenvalue weighted by Crippen LogP contribution is -1.98. The normalized spacial score (nSPS) is 10.9. The molecule has 0 radical (unpaired) electrons. The summed E-state index contributed by atoms with van der Waals surface area (Å²) in [5.41, 5.74) is 2.98. The summed E-state index contributed by atoms with van der Waals surface area (Å²) in [6.07, 6.45) is 1.66. The topological polar surface area (TPSA) is 18.1 Å². The van der Waals surface area contributed by atoms with Crippen molar-refractivity contribution in [3.05, 3.63) is 64.5 Å². The molecule has 0 aliphatic heterocycles. The highest BCUT2D eigenvalue weighted by molar-refractivity contribution is 6.34. The van der Waals surface area contributed by atoms with Crippen molar-refractivity contribution in [2.45, 2.75) is 6.92 Å². The summed E-state index contributed by atoms with van der Waals surface area (Å²) in [7, 11) is 0. The maximum atomic E-state index is 6.08. The zero-order chi connectivity index (χ0) is 13.4. The second kappa shape index (κ2) is 4.80. The molecule has 0 N–H and O–H groups in total. The van der Waals surface area contributed by atoms with E-state index in [1.165, 1.54) is 0 Å². The summed E-state index contributed by atoms with van der Waals surface area (Å²) in [6.45, 7) is 2.03. The van der Waals surface area contributed by atoms with Crippen molar-refractivity contribution in [1.29, 1.82) is 0 Å². The van der Waals surface area contributed by atoms with Crippen LogP contribution in [0, 0.1) is 6.92 Å². The molecule has 0 saturated carbocycles. The Balaban J connectivity index is 2.22. The minimum Gasteiger partial charge on any atom is -0.463 e. The first kappa shape index (κ1) is 12.4. The Labute approximate surface area is 121 Å². The number of halogens is 2. The summed E-state index contributed by atoms with van der Waals surface area (Å²) in [5.74, 6) is 0.809. The molecule has 0 unspecified atom stereocenters. The van der Waals surface area contributed by atoms with Crippen molar-refractivity contribution in [3.63, 3.8) is 0 Å². The first-order chi connectivity index (χ1) is 9.15. The molecular weight excluding hydrogens is 281 g/mol. The summed E-state index contributed by atoms with van der Waals surface area (Å²) in [6, 6.07) is 13.3. The molecule has 0 amide bonds. The van der Waals surface area contributed by atoms with Crippen LogP contribution in [0.25, 0.3) is 17.1 Å². The van der Waals surface area contributed by atoms with E-state index < -0.39 is 0 Å². The van der Waals surface area contributed by atoms with Crippen LogP contribution in [-0.2, 0) is 0 Å². The zero-order valence-corrected chi connectivity index (χ0v) is 11.7. The number of aryl methyl sites for hydroxylation is 1. The number of aromatic nitrogens is 1. The summed E-state index contributed by atoms with van der Waals surface area (Å²) >= 11 is 12.2. The lowest BCUT2D eigenvalue weighted by Gasteiger charge is -2.11. The number of hydrogen-bond donors (Lipinski definition) is 0. The average molecular weight is 292 g/mol. The van der Waals surface area contributed by atoms with Crippen molar-refractivity contribution < 1.29 is 4.42 Å².